The average Bonchev–Trinajstić information content (AvgIpc) is 2.63. The Labute approximate surface area is 153 Å². The Balaban J connectivity index is 1.60. The van der Waals surface area contributed by atoms with Crippen LogP contribution in [0.4, 0.5) is 16.2 Å². The van der Waals surface area contributed by atoms with Crippen LogP contribution in [0.5, 0.6) is 5.75 Å². The third kappa shape index (κ3) is 4.17. The van der Waals surface area contributed by atoms with Crippen molar-refractivity contribution in [2.24, 2.45) is 0 Å². The van der Waals surface area contributed by atoms with Crippen LogP contribution in [0.15, 0.2) is 42.5 Å². The number of ether oxygens (including phenoxy) is 1. The first-order valence-electron chi connectivity index (χ1n) is 8.28. The van der Waals surface area contributed by atoms with Crippen LogP contribution in [0.1, 0.15) is 5.56 Å². The standard InChI is InChI=1S/C19H22ClN3O2/c1-14-6-7-17(18(12-14)25-2)21-19(24)23-10-8-22(9-11-23)16-5-3-4-15(20)13-16/h3-7,12-13H,8-11H2,1-2H3,(H,21,24). The lowest BCUT2D eigenvalue weighted by atomic mass is 10.2. The van der Waals surface area contributed by atoms with Gasteiger partial charge in [-0.2, -0.15) is 0 Å². The molecule has 2 amide bonds. The van der Waals surface area contributed by atoms with E-state index in [1.54, 1.807) is 7.11 Å². The van der Waals surface area contributed by atoms with Crippen LogP contribution in [0.25, 0.3) is 0 Å². The van der Waals surface area contributed by atoms with Crippen LogP contribution >= 0.6 is 11.6 Å². The molecule has 0 aromatic heterocycles. The van der Waals surface area contributed by atoms with E-state index in [0.717, 1.165) is 29.4 Å². The summed E-state index contributed by atoms with van der Waals surface area (Å²) < 4.78 is 5.35. The molecule has 1 heterocycles. The first kappa shape index (κ1) is 17.4. The number of carbonyl (C=O) groups excluding carboxylic acids is 1. The second kappa shape index (κ2) is 7.66. The van der Waals surface area contributed by atoms with Gasteiger partial charge in [-0.25, -0.2) is 4.79 Å². The maximum absolute atomic E-state index is 12.5. The molecule has 25 heavy (non-hydrogen) atoms. The van der Waals surface area contributed by atoms with Crippen LogP contribution in [0.3, 0.4) is 0 Å². The summed E-state index contributed by atoms with van der Waals surface area (Å²) >= 11 is 6.06. The van der Waals surface area contributed by atoms with Gasteiger partial charge in [0.25, 0.3) is 0 Å². The minimum atomic E-state index is -0.104. The fourth-order valence-electron chi connectivity index (χ4n) is 2.94. The van der Waals surface area contributed by atoms with Crippen molar-refractivity contribution in [2.75, 3.05) is 43.5 Å². The second-order valence-electron chi connectivity index (χ2n) is 6.09. The first-order chi connectivity index (χ1) is 12.1. The predicted molar refractivity (Wildman–Crippen MR) is 102 cm³/mol. The normalized spacial score (nSPS) is 14.4. The zero-order chi connectivity index (χ0) is 17.8. The highest BCUT2D eigenvalue weighted by Crippen LogP contribution is 2.26. The van der Waals surface area contributed by atoms with Gasteiger partial charge in [0.2, 0.25) is 0 Å². The van der Waals surface area contributed by atoms with Gasteiger partial charge in [-0.1, -0.05) is 23.7 Å². The quantitative estimate of drug-likeness (QED) is 0.900. The molecule has 3 rings (SSSR count). The number of rotatable bonds is 3. The van der Waals surface area contributed by atoms with Crippen molar-refractivity contribution < 1.29 is 9.53 Å². The van der Waals surface area contributed by atoms with Crippen LogP contribution in [-0.2, 0) is 0 Å². The van der Waals surface area contributed by atoms with Gasteiger partial charge in [0.15, 0.2) is 0 Å². The maximum atomic E-state index is 12.5. The van der Waals surface area contributed by atoms with Crippen molar-refractivity contribution in [2.45, 2.75) is 6.92 Å². The summed E-state index contributed by atoms with van der Waals surface area (Å²) in [6.45, 7) is 4.86. The Bertz CT molecular complexity index is 758. The Morgan fingerprint density at radius 3 is 2.56 bits per heavy atom. The van der Waals surface area contributed by atoms with Gasteiger partial charge >= 0.3 is 6.03 Å². The number of aryl methyl sites for hydroxylation is 1. The molecular formula is C19H22ClN3O2. The summed E-state index contributed by atoms with van der Waals surface area (Å²) in [5, 5.41) is 3.67. The van der Waals surface area contributed by atoms with Crippen molar-refractivity contribution in [1.29, 1.82) is 0 Å². The highest BCUT2D eigenvalue weighted by molar-refractivity contribution is 6.30. The molecule has 0 spiro atoms. The number of urea groups is 1. The molecule has 6 heteroatoms. The number of hydrogen-bond donors (Lipinski definition) is 1. The van der Waals surface area contributed by atoms with Gasteiger partial charge in [-0.05, 0) is 42.8 Å². The third-order valence-electron chi connectivity index (χ3n) is 4.34. The largest absolute Gasteiger partial charge is 0.495 e. The van der Waals surface area contributed by atoms with Crippen LogP contribution in [0, 0.1) is 6.92 Å². The molecule has 0 radical (unpaired) electrons. The van der Waals surface area contributed by atoms with Gasteiger partial charge in [0, 0.05) is 36.9 Å². The highest BCUT2D eigenvalue weighted by Gasteiger charge is 2.22. The van der Waals surface area contributed by atoms with Crippen molar-refractivity contribution in [3.63, 3.8) is 0 Å². The molecule has 1 aliphatic heterocycles. The van der Waals surface area contributed by atoms with E-state index in [1.165, 1.54) is 0 Å². The number of benzene rings is 2. The fourth-order valence-corrected chi connectivity index (χ4v) is 3.12. The molecule has 2 aromatic carbocycles. The topological polar surface area (TPSA) is 44.8 Å². The zero-order valence-corrected chi connectivity index (χ0v) is 15.2. The molecule has 0 atom stereocenters. The number of halogens is 1. The molecule has 1 fully saturated rings. The van der Waals surface area contributed by atoms with E-state index in [1.807, 2.05) is 54.3 Å². The Kier molecular flexibility index (Phi) is 5.34. The lowest BCUT2D eigenvalue weighted by molar-refractivity contribution is 0.208. The molecule has 0 aliphatic carbocycles. The number of piperazine rings is 1. The lowest BCUT2D eigenvalue weighted by Gasteiger charge is -2.36. The monoisotopic (exact) mass is 359 g/mol. The molecule has 0 saturated carbocycles. The SMILES string of the molecule is COc1cc(C)ccc1NC(=O)N1CCN(c2cccc(Cl)c2)CC1. The lowest BCUT2D eigenvalue weighted by Crippen LogP contribution is -2.50. The predicted octanol–water partition coefficient (Wildman–Crippen LogP) is 4.01. The molecular weight excluding hydrogens is 338 g/mol. The van der Waals surface area contributed by atoms with Gasteiger partial charge in [-0.3, -0.25) is 0 Å². The van der Waals surface area contributed by atoms with Crippen molar-refractivity contribution >= 4 is 29.0 Å². The number of amides is 2. The second-order valence-corrected chi connectivity index (χ2v) is 6.52. The van der Waals surface area contributed by atoms with Gasteiger partial charge < -0.3 is 19.9 Å². The summed E-state index contributed by atoms with van der Waals surface area (Å²) in [6, 6.07) is 13.4. The molecule has 1 N–H and O–H groups in total. The summed E-state index contributed by atoms with van der Waals surface area (Å²) in [6.07, 6.45) is 0. The van der Waals surface area contributed by atoms with E-state index in [4.69, 9.17) is 16.3 Å². The number of hydrogen-bond acceptors (Lipinski definition) is 3. The molecule has 0 unspecified atom stereocenters. The maximum Gasteiger partial charge on any atom is 0.322 e. The van der Waals surface area contributed by atoms with Gasteiger partial charge in [0.05, 0.1) is 12.8 Å². The van der Waals surface area contributed by atoms with E-state index in [-0.39, 0.29) is 6.03 Å². The smallest absolute Gasteiger partial charge is 0.322 e. The molecule has 5 nitrogen and oxygen atoms in total. The van der Waals surface area contributed by atoms with Crippen LogP contribution < -0.4 is 15.0 Å². The Hall–Kier alpha value is -2.40. The van der Waals surface area contributed by atoms with Crippen molar-refractivity contribution in [1.82, 2.24) is 4.90 Å². The van der Waals surface area contributed by atoms with Gasteiger partial charge in [0.1, 0.15) is 5.75 Å². The van der Waals surface area contributed by atoms with Crippen molar-refractivity contribution in [3.8, 4) is 5.75 Å². The number of nitrogens with zero attached hydrogens (tertiary/aromatic N) is 2. The highest BCUT2D eigenvalue weighted by atomic mass is 35.5. The van der Waals surface area contributed by atoms with E-state index >= 15 is 0 Å². The first-order valence-corrected chi connectivity index (χ1v) is 8.65. The number of carbonyl (C=O) groups is 1. The number of nitrogens with one attached hydrogen (secondary N) is 1. The zero-order valence-electron chi connectivity index (χ0n) is 14.5. The molecule has 2 aromatic rings. The summed E-state index contributed by atoms with van der Waals surface area (Å²) in [4.78, 5) is 16.6. The summed E-state index contributed by atoms with van der Waals surface area (Å²) in [5.41, 5.74) is 2.87. The van der Waals surface area contributed by atoms with E-state index in [0.29, 0.717) is 24.5 Å². The van der Waals surface area contributed by atoms with Gasteiger partial charge in [-0.15, -0.1) is 0 Å². The summed E-state index contributed by atoms with van der Waals surface area (Å²) in [5.74, 6) is 0.672. The number of anilines is 2. The van der Waals surface area contributed by atoms with E-state index < -0.39 is 0 Å². The molecule has 132 valence electrons. The number of methoxy groups -OCH3 is 1. The Morgan fingerprint density at radius 2 is 1.88 bits per heavy atom. The van der Waals surface area contributed by atoms with Crippen LogP contribution in [0.2, 0.25) is 5.02 Å². The minimum absolute atomic E-state index is 0.104. The van der Waals surface area contributed by atoms with E-state index in [9.17, 15) is 4.79 Å². The van der Waals surface area contributed by atoms with Crippen molar-refractivity contribution in [3.05, 3.63) is 53.1 Å². The minimum Gasteiger partial charge on any atom is -0.495 e. The fraction of sp³-hybridized carbons (Fsp3) is 0.316. The summed E-state index contributed by atoms with van der Waals surface area (Å²) in [7, 11) is 1.61. The third-order valence-corrected chi connectivity index (χ3v) is 4.57. The molecule has 1 aliphatic rings. The molecule has 1 saturated heterocycles. The molecule has 0 bridgehead atoms. The average molecular weight is 360 g/mol. The van der Waals surface area contributed by atoms with Crippen LogP contribution in [-0.4, -0.2) is 44.2 Å². The van der Waals surface area contributed by atoms with E-state index in [2.05, 4.69) is 10.2 Å². The Morgan fingerprint density at radius 1 is 1.12 bits per heavy atom.